The van der Waals surface area contributed by atoms with Gasteiger partial charge < -0.3 is 62.7 Å². The van der Waals surface area contributed by atoms with Crippen molar-refractivity contribution in [3.8, 4) is 84.8 Å². The van der Waals surface area contributed by atoms with Crippen LogP contribution in [0.5, 0.6) is 17.6 Å². The zero-order valence-corrected chi connectivity index (χ0v) is 73.8. The number of amides is 1. The van der Waals surface area contributed by atoms with Gasteiger partial charge in [-0.1, -0.05) is 36.4 Å². The van der Waals surface area contributed by atoms with Crippen molar-refractivity contribution in [2.75, 3.05) is 87.4 Å². The van der Waals surface area contributed by atoms with Crippen LogP contribution in [-0.2, 0) is 37.7 Å². The minimum absolute atomic E-state index is 0.0135. The molecule has 662 valence electrons. The summed E-state index contributed by atoms with van der Waals surface area (Å²) >= 11 is 0. The minimum atomic E-state index is -0.673. The first-order chi connectivity index (χ1) is 60.5. The summed E-state index contributed by atoms with van der Waals surface area (Å²) in [6.45, 7) is 28.4. The van der Waals surface area contributed by atoms with Crippen LogP contribution < -0.4 is 31.0 Å². The average Bonchev–Trinajstić information content (AvgIpc) is 1.50. The number of fused-ring (bicyclic) bond motifs is 3. The van der Waals surface area contributed by atoms with E-state index in [1.807, 2.05) is 104 Å². The molecule has 0 atom stereocenters. The van der Waals surface area contributed by atoms with Crippen molar-refractivity contribution in [3.63, 3.8) is 0 Å². The van der Waals surface area contributed by atoms with Gasteiger partial charge in [-0.15, -0.1) is 0 Å². The molecule has 13 heterocycles. The highest BCUT2D eigenvalue weighted by atomic mass is 19.1. The number of halogens is 3. The lowest BCUT2D eigenvalue weighted by Crippen LogP contribution is -2.41. The molecule has 5 aliphatic heterocycles. The Balaban J connectivity index is 0.000000136. The summed E-state index contributed by atoms with van der Waals surface area (Å²) in [7, 11) is 4.05. The van der Waals surface area contributed by atoms with E-state index >= 15 is 13.2 Å². The Hall–Kier alpha value is -11.9. The van der Waals surface area contributed by atoms with Crippen molar-refractivity contribution in [2.24, 2.45) is 5.73 Å². The van der Waals surface area contributed by atoms with E-state index in [1.54, 1.807) is 85.8 Å². The minimum Gasteiger partial charge on any atom is -0.481 e. The van der Waals surface area contributed by atoms with E-state index < -0.39 is 53.6 Å². The fourth-order valence-electron chi connectivity index (χ4n) is 17.1. The van der Waals surface area contributed by atoms with Gasteiger partial charge in [-0.25, -0.2) is 37.7 Å². The van der Waals surface area contributed by atoms with E-state index in [4.69, 9.17) is 57.7 Å². The number of aromatic nitrogens is 12. The number of pyridine rings is 4. The predicted molar refractivity (Wildman–Crippen MR) is 471 cm³/mol. The molecule has 0 bridgehead atoms. The van der Waals surface area contributed by atoms with E-state index in [-0.39, 0.29) is 70.8 Å². The van der Waals surface area contributed by atoms with Gasteiger partial charge in [0, 0.05) is 109 Å². The largest absolute Gasteiger partial charge is 0.494 e. The molecule has 126 heavy (non-hydrogen) atoms. The third kappa shape index (κ3) is 18.8. The first-order valence-electron chi connectivity index (χ1n) is 42.6. The molecule has 28 nitrogen and oxygen atoms in total. The van der Waals surface area contributed by atoms with Gasteiger partial charge in [-0.2, -0.15) is 20.4 Å². The molecule has 3 N–H and O–H groups in total. The maximum absolute atomic E-state index is 15.6. The molecule has 0 radical (unpaired) electrons. The predicted octanol–water partition coefficient (Wildman–Crippen LogP) is 16.2. The lowest BCUT2D eigenvalue weighted by molar-refractivity contribution is 0.00578. The highest BCUT2D eigenvalue weighted by Crippen LogP contribution is 2.44. The summed E-state index contributed by atoms with van der Waals surface area (Å²) in [6.07, 6.45) is 12.2. The first kappa shape index (κ1) is 90.3. The van der Waals surface area contributed by atoms with E-state index in [0.29, 0.717) is 102 Å². The molecule has 0 saturated carbocycles. The molecule has 12 aromatic rings. The second kappa shape index (κ2) is 38.9. The number of ether oxygens (including phenoxy) is 9. The van der Waals surface area contributed by atoms with E-state index in [0.717, 1.165) is 137 Å². The Bertz CT molecular complexity index is 6060. The van der Waals surface area contributed by atoms with Gasteiger partial charge in [-0.3, -0.25) is 28.3 Å². The fourth-order valence-corrected chi connectivity index (χ4v) is 17.1. The number of carbonyl (C=O) groups excluding carboxylic acids is 3. The number of hydrogen-bond acceptors (Lipinski definition) is 22. The molecule has 1 amide bonds. The second-order valence-electron chi connectivity index (χ2n) is 32.9. The molecule has 0 unspecified atom stereocenters. The number of H-pyrrole nitrogens is 1. The van der Waals surface area contributed by atoms with Crippen LogP contribution in [0, 0.1) is 59.0 Å². The number of hydrogen-bond donors (Lipinski definition) is 2. The molecule has 32 heteroatoms. The normalized spacial score (nSPS) is 16.2. The summed E-state index contributed by atoms with van der Waals surface area (Å²) in [5.74, 6) is -1.63. The van der Waals surface area contributed by atoms with Gasteiger partial charge in [0.05, 0.1) is 134 Å². The number of nitrogens with zero attached hydrogens (tertiary/aromatic N) is 11. The number of methoxy groups -OCH3 is 3. The third-order valence-electron chi connectivity index (χ3n) is 24.0. The Morgan fingerprint density at radius 2 is 0.802 bits per heavy atom. The van der Waals surface area contributed by atoms with E-state index in [2.05, 4.69) is 52.5 Å². The van der Waals surface area contributed by atoms with Crippen molar-refractivity contribution in [3.05, 3.63) is 194 Å². The summed E-state index contributed by atoms with van der Waals surface area (Å²) in [4.78, 5) is 66.5. The van der Waals surface area contributed by atoms with Gasteiger partial charge >= 0.3 is 19.1 Å². The van der Waals surface area contributed by atoms with Crippen LogP contribution in [0.25, 0.3) is 89.0 Å². The van der Waals surface area contributed by atoms with Gasteiger partial charge in [0.2, 0.25) is 17.6 Å². The molecule has 17 rings (SSSR count). The highest BCUT2D eigenvalue weighted by Gasteiger charge is 2.52. The van der Waals surface area contributed by atoms with Crippen LogP contribution in [0.2, 0.25) is 0 Å². The number of esters is 2. The molecule has 5 fully saturated rings. The van der Waals surface area contributed by atoms with E-state index in [9.17, 15) is 19.2 Å². The number of aromatic amines is 1. The standard InChI is InChI=1S/C25H28FN3O4.C23H30BFN2O5.C23H25FN4O3.C23H24N4O3/c1-5-33-25(30)20-14-27-29(18-8-10-32-11-9-18)23(20)19-7-6-17(13-21(19)26)22-15(2)12-16(3)28-24(22)31-4;1-6-30-21(28)18-14-26-27(16-9-11-29-12-10-16)20(18)17-8-7-15(13-19(17)25)24-31-22(2,3)23(4,5)32-24;1-13-10-14(2)27-23(30-3)20(13)15-4-5-17(19(24)11-15)21-18(22(25)29)12-26-28(21)16-6-8-31-9-7-16;1-13-10-14(2)25-23(29-3)20(13)15-4-5-17-19(11-15)26-22(28)18-12-24-27(21(17)18)16-6-8-30-9-7-16/h6-7,12-14,18H,5,8-11H2,1-4H3;7-8,13-14,16H,6,9-12H2,1-5H3;4-5,10-12,16H,6-9H2,1-3H3,(H2,25,29);4-5,10-12,16H,6-9H2,1-3H3,(H,26,28). The molecular formula is C94H107BF3N13O15. The van der Waals surface area contributed by atoms with Crippen LogP contribution in [0.1, 0.15) is 182 Å². The number of nitrogens with two attached hydrogens (primary N) is 1. The average molecular weight is 1730 g/mol. The monoisotopic (exact) mass is 1730 g/mol. The van der Waals surface area contributed by atoms with Crippen LogP contribution >= 0.6 is 0 Å². The summed E-state index contributed by atoms with van der Waals surface area (Å²) in [6, 6.07) is 27.0. The highest BCUT2D eigenvalue weighted by molar-refractivity contribution is 6.62. The van der Waals surface area contributed by atoms with Gasteiger partial charge in [0.25, 0.3) is 11.5 Å². The van der Waals surface area contributed by atoms with Crippen molar-refractivity contribution >= 4 is 52.2 Å². The lowest BCUT2D eigenvalue weighted by Gasteiger charge is -2.32. The Morgan fingerprint density at radius 1 is 0.460 bits per heavy atom. The Labute approximate surface area is 729 Å². The topological polar surface area (TPSA) is 322 Å². The molecule has 5 saturated heterocycles. The Morgan fingerprint density at radius 3 is 1.17 bits per heavy atom. The third-order valence-corrected chi connectivity index (χ3v) is 24.0. The molecule has 5 aliphatic rings. The number of benzene rings is 4. The fraction of sp³-hybridized carbons (Fsp3) is 0.415. The van der Waals surface area contributed by atoms with E-state index in [1.165, 1.54) is 36.8 Å². The zero-order valence-electron chi connectivity index (χ0n) is 73.8. The molecule has 0 aliphatic carbocycles. The van der Waals surface area contributed by atoms with Crippen molar-refractivity contribution in [1.82, 2.24) is 59.1 Å². The number of nitrogens with one attached hydrogen (secondary N) is 1. The van der Waals surface area contributed by atoms with Crippen LogP contribution in [-0.4, -0.2) is 183 Å². The second-order valence-corrected chi connectivity index (χ2v) is 32.9. The van der Waals surface area contributed by atoms with Gasteiger partial charge in [-0.05, 0) is 228 Å². The quantitative estimate of drug-likeness (QED) is 0.0561. The van der Waals surface area contributed by atoms with Crippen molar-refractivity contribution in [1.29, 1.82) is 0 Å². The number of carbonyl (C=O) groups is 3. The number of primary amides is 1. The number of aryl methyl sites for hydroxylation is 6. The summed E-state index contributed by atoms with van der Waals surface area (Å²) in [5.41, 5.74) is 19.6. The summed E-state index contributed by atoms with van der Waals surface area (Å²) < 4.78 is 115. The first-order valence-corrected chi connectivity index (χ1v) is 42.6. The van der Waals surface area contributed by atoms with Gasteiger partial charge in [0.1, 0.15) is 28.6 Å². The number of rotatable bonds is 19. The van der Waals surface area contributed by atoms with Crippen molar-refractivity contribution in [2.45, 2.75) is 170 Å². The molecule has 0 spiro atoms. The molecule has 4 aromatic carbocycles. The van der Waals surface area contributed by atoms with Gasteiger partial charge in [0.15, 0.2) is 0 Å². The van der Waals surface area contributed by atoms with Crippen LogP contribution in [0.4, 0.5) is 13.2 Å². The zero-order chi connectivity index (χ0) is 89.6. The van der Waals surface area contributed by atoms with Crippen LogP contribution in [0.15, 0.2) is 121 Å². The molecular weight excluding hydrogens is 1620 g/mol. The SMILES string of the molecule is CCOC(=O)c1cnn(C2CCOCC2)c1-c1ccc(-c2c(C)cc(C)nc2OC)cc1F.CCOC(=O)c1cnn(C2CCOCC2)c1-c1ccc(B2OC(C)(C)C(C)(C)O2)cc1F.COc1nc(C)cc(C)c1-c1ccc(-c2c(C(N)=O)cnn2C2CCOCC2)c(F)c1.COc1nc(C)cc(C)c1-c1ccc2c(c1)[nH]c(=O)c1cnn(C3CCOCC3)c12. The maximum Gasteiger partial charge on any atom is 0.494 e. The van der Waals surface area contributed by atoms with Crippen molar-refractivity contribution < 1.29 is 79.5 Å². The molecule has 8 aromatic heterocycles. The summed E-state index contributed by atoms with van der Waals surface area (Å²) in [5, 5.41) is 19.4. The van der Waals surface area contributed by atoms with Crippen LogP contribution in [0.3, 0.4) is 0 Å². The Kier molecular flexibility index (Phi) is 27.9. The maximum atomic E-state index is 15.6. The smallest absolute Gasteiger partial charge is 0.481 e. The lowest BCUT2D eigenvalue weighted by atomic mass is 9.78.